The van der Waals surface area contributed by atoms with Gasteiger partial charge in [-0.2, -0.15) is 0 Å². The van der Waals surface area contributed by atoms with Crippen LogP contribution < -0.4 is 5.32 Å². The molecule has 0 aliphatic heterocycles. The SMILES string of the molecule is O=C(Nc1ccc2c(c1)Cc1ccccc1-2)c1cc(F)cc2nccnc12. The van der Waals surface area contributed by atoms with Crippen LogP contribution in [0.5, 0.6) is 0 Å². The Bertz CT molecular complexity index is 1220. The third-order valence-electron chi connectivity index (χ3n) is 4.83. The van der Waals surface area contributed by atoms with E-state index in [2.05, 4.69) is 27.4 Å². The van der Waals surface area contributed by atoms with Gasteiger partial charge in [0.15, 0.2) is 0 Å². The average molecular weight is 355 g/mol. The van der Waals surface area contributed by atoms with Crippen LogP contribution in [-0.4, -0.2) is 15.9 Å². The minimum absolute atomic E-state index is 0.168. The number of aromatic nitrogens is 2. The fraction of sp³-hybridized carbons (Fsp3) is 0.0455. The molecule has 4 aromatic rings. The van der Waals surface area contributed by atoms with Gasteiger partial charge in [-0.15, -0.1) is 0 Å². The fourth-order valence-corrected chi connectivity index (χ4v) is 3.63. The minimum Gasteiger partial charge on any atom is -0.322 e. The summed E-state index contributed by atoms with van der Waals surface area (Å²) in [6.45, 7) is 0. The molecule has 4 nitrogen and oxygen atoms in total. The maximum atomic E-state index is 13.9. The molecule has 0 bridgehead atoms. The smallest absolute Gasteiger partial charge is 0.258 e. The molecular formula is C22H14FN3O. The second-order valence-electron chi connectivity index (χ2n) is 6.54. The summed E-state index contributed by atoms with van der Waals surface area (Å²) >= 11 is 0. The molecule has 5 rings (SSSR count). The van der Waals surface area contributed by atoms with Gasteiger partial charge < -0.3 is 5.32 Å². The molecule has 130 valence electrons. The molecule has 1 heterocycles. The van der Waals surface area contributed by atoms with Crippen LogP contribution >= 0.6 is 0 Å². The summed E-state index contributed by atoms with van der Waals surface area (Å²) < 4.78 is 13.9. The first-order chi connectivity index (χ1) is 13.2. The van der Waals surface area contributed by atoms with Crippen LogP contribution in [0.25, 0.3) is 22.2 Å². The standard InChI is InChI=1S/C22H14FN3O/c23-15-11-19(21-20(12-15)24-7-8-25-21)22(27)26-16-5-6-18-14(10-16)9-13-3-1-2-4-17(13)18/h1-8,10-12H,9H2,(H,26,27). The molecule has 5 heteroatoms. The highest BCUT2D eigenvalue weighted by molar-refractivity contribution is 6.11. The van der Waals surface area contributed by atoms with Gasteiger partial charge in [-0.25, -0.2) is 4.39 Å². The van der Waals surface area contributed by atoms with Gasteiger partial charge >= 0.3 is 0 Å². The lowest BCUT2D eigenvalue weighted by molar-refractivity contribution is 0.102. The minimum atomic E-state index is -0.516. The van der Waals surface area contributed by atoms with Gasteiger partial charge in [-0.1, -0.05) is 30.3 Å². The molecule has 0 fully saturated rings. The predicted molar refractivity (Wildman–Crippen MR) is 102 cm³/mol. The van der Waals surface area contributed by atoms with Crippen molar-refractivity contribution < 1.29 is 9.18 Å². The number of benzene rings is 3. The Morgan fingerprint density at radius 2 is 1.74 bits per heavy atom. The predicted octanol–water partition coefficient (Wildman–Crippen LogP) is 4.59. The second-order valence-corrected chi connectivity index (χ2v) is 6.54. The van der Waals surface area contributed by atoms with Gasteiger partial charge in [0.1, 0.15) is 11.3 Å². The number of hydrogen-bond acceptors (Lipinski definition) is 3. The summed E-state index contributed by atoms with van der Waals surface area (Å²) in [5, 5.41) is 2.86. The normalized spacial score (nSPS) is 11.9. The molecule has 0 unspecified atom stereocenters. The quantitative estimate of drug-likeness (QED) is 0.504. The van der Waals surface area contributed by atoms with Gasteiger partial charge in [0.25, 0.3) is 5.91 Å². The molecule has 3 aromatic carbocycles. The Kier molecular flexibility index (Phi) is 3.47. The molecule has 1 amide bonds. The summed E-state index contributed by atoms with van der Waals surface area (Å²) in [5.74, 6) is -0.923. The van der Waals surface area contributed by atoms with E-state index in [1.54, 1.807) is 0 Å². The van der Waals surface area contributed by atoms with Gasteiger partial charge in [0.2, 0.25) is 0 Å². The molecule has 0 atom stereocenters. The zero-order valence-electron chi connectivity index (χ0n) is 14.2. The summed E-state index contributed by atoms with van der Waals surface area (Å²) in [6, 6.07) is 16.6. The van der Waals surface area contributed by atoms with Crippen molar-refractivity contribution in [2.45, 2.75) is 6.42 Å². The van der Waals surface area contributed by atoms with E-state index >= 15 is 0 Å². The van der Waals surface area contributed by atoms with E-state index in [0.717, 1.165) is 12.0 Å². The number of halogens is 1. The zero-order valence-corrected chi connectivity index (χ0v) is 14.2. The third kappa shape index (κ3) is 2.64. The first-order valence-electron chi connectivity index (χ1n) is 8.62. The van der Waals surface area contributed by atoms with E-state index in [-0.39, 0.29) is 5.56 Å². The monoisotopic (exact) mass is 355 g/mol. The molecule has 1 N–H and O–H groups in total. The number of fused-ring (bicyclic) bond motifs is 4. The number of carbonyl (C=O) groups excluding carboxylic acids is 1. The first kappa shape index (κ1) is 15.6. The highest BCUT2D eigenvalue weighted by atomic mass is 19.1. The number of nitrogens with zero attached hydrogens (tertiary/aromatic N) is 2. The van der Waals surface area contributed by atoms with E-state index in [1.165, 1.54) is 41.2 Å². The summed E-state index contributed by atoms with van der Waals surface area (Å²) in [4.78, 5) is 21.0. The average Bonchev–Trinajstić information content (AvgIpc) is 3.05. The molecule has 1 aliphatic rings. The van der Waals surface area contributed by atoms with E-state index in [9.17, 15) is 9.18 Å². The largest absolute Gasteiger partial charge is 0.322 e. The van der Waals surface area contributed by atoms with E-state index in [0.29, 0.717) is 16.7 Å². The highest BCUT2D eigenvalue weighted by Gasteiger charge is 2.19. The van der Waals surface area contributed by atoms with Crippen LogP contribution in [0.15, 0.2) is 67.0 Å². The van der Waals surface area contributed by atoms with Crippen LogP contribution in [0.4, 0.5) is 10.1 Å². The zero-order chi connectivity index (χ0) is 18.4. The Morgan fingerprint density at radius 3 is 2.67 bits per heavy atom. The van der Waals surface area contributed by atoms with Gasteiger partial charge in [-0.05, 0) is 46.9 Å². The van der Waals surface area contributed by atoms with Crippen molar-refractivity contribution in [3.8, 4) is 11.1 Å². The van der Waals surface area contributed by atoms with E-state index in [1.807, 2.05) is 30.3 Å². The number of nitrogens with one attached hydrogen (secondary N) is 1. The summed E-state index contributed by atoms with van der Waals surface area (Å²) in [7, 11) is 0. The topological polar surface area (TPSA) is 54.9 Å². The molecular weight excluding hydrogens is 341 g/mol. The fourth-order valence-electron chi connectivity index (χ4n) is 3.63. The third-order valence-corrected chi connectivity index (χ3v) is 4.83. The Morgan fingerprint density at radius 1 is 0.926 bits per heavy atom. The molecule has 0 spiro atoms. The Hall–Kier alpha value is -3.60. The second kappa shape index (κ2) is 5.99. The van der Waals surface area contributed by atoms with Crippen molar-refractivity contribution in [1.82, 2.24) is 9.97 Å². The lowest BCUT2D eigenvalue weighted by Gasteiger charge is -2.09. The molecule has 0 saturated carbocycles. The van der Waals surface area contributed by atoms with Crippen LogP contribution in [0, 0.1) is 5.82 Å². The van der Waals surface area contributed by atoms with Gasteiger partial charge in [0, 0.05) is 24.1 Å². The van der Waals surface area contributed by atoms with Crippen LogP contribution in [-0.2, 0) is 6.42 Å². The lowest BCUT2D eigenvalue weighted by atomic mass is 10.1. The number of amides is 1. The van der Waals surface area contributed by atoms with Crippen molar-refractivity contribution in [1.29, 1.82) is 0 Å². The number of hydrogen-bond donors (Lipinski definition) is 1. The van der Waals surface area contributed by atoms with Crippen molar-refractivity contribution in [3.63, 3.8) is 0 Å². The molecule has 1 aromatic heterocycles. The van der Waals surface area contributed by atoms with Crippen molar-refractivity contribution in [2.75, 3.05) is 5.32 Å². The van der Waals surface area contributed by atoms with Gasteiger partial charge in [0.05, 0.1) is 11.1 Å². The van der Waals surface area contributed by atoms with Crippen LogP contribution in [0.1, 0.15) is 21.5 Å². The van der Waals surface area contributed by atoms with Crippen LogP contribution in [0.3, 0.4) is 0 Å². The van der Waals surface area contributed by atoms with E-state index in [4.69, 9.17) is 0 Å². The lowest BCUT2D eigenvalue weighted by Crippen LogP contribution is -2.13. The maximum Gasteiger partial charge on any atom is 0.258 e. The summed E-state index contributed by atoms with van der Waals surface area (Å²) in [6.07, 6.45) is 3.80. The van der Waals surface area contributed by atoms with Crippen molar-refractivity contribution >= 4 is 22.6 Å². The van der Waals surface area contributed by atoms with E-state index < -0.39 is 11.7 Å². The van der Waals surface area contributed by atoms with Gasteiger partial charge in [-0.3, -0.25) is 14.8 Å². The molecule has 27 heavy (non-hydrogen) atoms. The van der Waals surface area contributed by atoms with Crippen LogP contribution in [0.2, 0.25) is 0 Å². The first-order valence-corrected chi connectivity index (χ1v) is 8.62. The van der Waals surface area contributed by atoms with Crippen molar-refractivity contribution in [3.05, 3.63) is 89.5 Å². The molecule has 0 saturated heterocycles. The number of anilines is 1. The highest BCUT2D eigenvalue weighted by Crippen LogP contribution is 2.37. The number of rotatable bonds is 2. The molecule has 0 radical (unpaired) electrons. The van der Waals surface area contributed by atoms with Crippen molar-refractivity contribution in [2.24, 2.45) is 0 Å². The Balaban J connectivity index is 1.49. The Labute approximate surface area is 154 Å². The summed E-state index contributed by atoms with van der Waals surface area (Å²) in [5.41, 5.74) is 6.44. The maximum absolute atomic E-state index is 13.9. The number of carbonyl (C=O) groups is 1. The molecule has 1 aliphatic carbocycles.